The minimum atomic E-state index is -1.38. The molecule has 7 nitrogen and oxygen atoms in total. The molecule has 3 aromatic heterocycles. The van der Waals surface area contributed by atoms with Crippen molar-refractivity contribution in [1.82, 2.24) is 15.0 Å². The highest BCUT2D eigenvalue weighted by Gasteiger charge is 2.27. The predicted molar refractivity (Wildman–Crippen MR) is 150 cm³/mol. The van der Waals surface area contributed by atoms with Crippen molar-refractivity contribution in [2.75, 3.05) is 11.2 Å². The molecule has 1 fully saturated rings. The van der Waals surface area contributed by atoms with Gasteiger partial charge in [0.2, 0.25) is 0 Å². The summed E-state index contributed by atoms with van der Waals surface area (Å²) in [6.07, 6.45) is 7.06. The minimum absolute atomic E-state index is 0.237. The number of hydrogen-bond acceptors (Lipinski definition) is 6. The van der Waals surface area contributed by atoms with E-state index in [-0.39, 0.29) is 12.5 Å². The molecule has 0 saturated heterocycles. The van der Waals surface area contributed by atoms with Gasteiger partial charge < -0.3 is 9.64 Å². The number of hydrogen-bond donors (Lipinski definition) is 0. The molecule has 4 heterocycles. The average Bonchev–Trinajstić information content (AvgIpc) is 3.68. The zero-order valence-electron chi connectivity index (χ0n) is 21.8. The first-order chi connectivity index (χ1) is 18.5. The quantitative estimate of drug-likeness (QED) is 0.349. The van der Waals surface area contributed by atoms with Crippen molar-refractivity contribution in [1.29, 1.82) is 0 Å². The van der Waals surface area contributed by atoms with Crippen LogP contribution in [0.1, 0.15) is 65.3 Å². The molecule has 0 spiro atoms. The molecule has 1 amide bonds. The Labute approximate surface area is 226 Å². The Hall–Kier alpha value is -3.43. The predicted octanol–water partition coefficient (Wildman–Crippen LogP) is 4.34. The number of carbonyl (C=O) groups excluding carboxylic acids is 1. The van der Waals surface area contributed by atoms with Crippen molar-refractivity contribution < 1.29 is 13.7 Å². The number of amides is 1. The number of benzene rings is 1. The third-order valence-corrected chi connectivity index (χ3v) is 7.58. The van der Waals surface area contributed by atoms with E-state index in [1.54, 1.807) is 35.7 Å². The second-order valence-electron chi connectivity index (χ2n) is 9.22. The van der Waals surface area contributed by atoms with Gasteiger partial charge in [0.25, 0.3) is 5.91 Å². The lowest BCUT2D eigenvalue weighted by Crippen LogP contribution is -2.31. The number of nitrogens with zero attached hydrogens (tertiary/aromatic N) is 4. The van der Waals surface area contributed by atoms with Gasteiger partial charge in [-0.15, -0.1) is 0 Å². The number of pyridine rings is 3. The Bertz CT molecular complexity index is 1520. The van der Waals surface area contributed by atoms with Gasteiger partial charge in [-0.3, -0.25) is 19.0 Å². The van der Waals surface area contributed by atoms with Gasteiger partial charge in [0.15, 0.2) is 5.03 Å². The number of aromatic nitrogens is 3. The fourth-order valence-electron chi connectivity index (χ4n) is 4.69. The molecule has 4 aromatic rings. The topological polar surface area (TPSA) is 85.3 Å². The van der Waals surface area contributed by atoms with Crippen molar-refractivity contribution in [3.05, 3.63) is 82.8 Å². The summed E-state index contributed by atoms with van der Waals surface area (Å²) in [6.45, 7) is 5.22. The normalized spacial score (nSPS) is 14.9. The van der Waals surface area contributed by atoms with Crippen LogP contribution in [0.4, 0.5) is 5.69 Å². The molecule has 38 heavy (non-hydrogen) atoms. The third kappa shape index (κ3) is 5.13. The SMILES string of the molecule is CC.[B]c1nc2cc(CN(C(=O)c3ccc(C4CC4)nc3)c3cccnc3S(C)=O)ccc2c2c1COC2. The second-order valence-corrected chi connectivity index (χ2v) is 10.5. The second kappa shape index (κ2) is 11.1. The van der Waals surface area contributed by atoms with Gasteiger partial charge in [-0.05, 0) is 65.5 Å². The smallest absolute Gasteiger partial charge is 0.260 e. The van der Waals surface area contributed by atoms with Gasteiger partial charge in [0.1, 0.15) is 7.85 Å². The van der Waals surface area contributed by atoms with Crippen molar-refractivity contribution in [3.8, 4) is 0 Å². The highest BCUT2D eigenvalue weighted by atomic mass is 32.2. The third-order valence-electron chi connectivity index (χ3n) is 6.72. The molecule has 1 atom stereocenters. The van der Waals surface area contributed by atoms with Crippen LogP contribution in [0.3, 0.4) is 0 Å². The Morgan fingerprint density at radius 3 is 2.61 bits per heavy atom. The van der Waals surface area contributed by atoms with Crippen LogP contribution >= 0.6 is 0 Å². The molecular formula is C29H29BN4O3S. The van der Waals surface area contributed by atoms with Gasteiger partial charge >= 0.3 is 0 Å². The van der Waals surface area contributed by atoms with Crippen LogP contribution in [0.15, 0.2) is 59.9 Å². The first-order valence-electron chi connectivity index (χ1n) is 12.8. The number of fused-ring (bicyclic) bond motifs is 3. The molecular weight excluding hydrogens is 495 g/mol. The maximum atomic E-state index is 13.8. The number of anilines is 1. The largest absolute Gasteiger partial charge is 0.372 e. The van der Waals surface area contributed by atoms with Crippen molar-refractivity contribution >= 4 is 46.7 Å². The van der Waals surface area contributed by atoms with Gasteiger partial charge in [0.05, 0.1) is 47.3 Å². The number of rotatable bonds is 6. The van der Waals surface area contributed by atoms with Gasteiger partial charge in [-0.1, -0.05) is 26.0 Å². The lowest BCUT2D eigenvalue weighted by Gasteiger charge is -2.24. The molecule has 192 valence electrons. The van der Waals surface area contributed by atoms with Crippen LogP contribution in [0.25, 0.3) is 10.9 Å². The highest BCUT2D eigenvalue weighted by Crippen LogP contribution is 2.39. The molecule has 0 bridgehead atoms. The number of ether oxygens (including phenoxy) is 1. The Kier molecular flexibility index (Phi) is 7.67. The summed E-state index contributed by atoms with van der Waals surface area (Å²) >= 11 is 0. The van der Waals surface area contributed by atoms with Crippen LogP contribution < -0.4 is 10.5 Å². The molecule has 1 aromatic carbocycles. The molecule has 0 N–H and O–H groups in total. The molecule has 2 aliphatic rings. The molecule has 9 heteroatoms. The Morgan fingerprint density at radius 1 is 1.11 bits per heavy atom. The van der Waals surface area contributed by atoms with Gasteiger partial charge in [-0.25, -0.2) is 4.98 Å². The summed E-state index contributed by atoms with van der Waals surface area (Å²) < 4.78 is 18.1. The summed E-state index contributed by atoms with van der Waals surface area (Å²) in [4.78, 5) is 28.8. The molecule has 6 rings (SSSR count). The van der Waals surface area contributed by atoms with E-state index >= 15 is 0 Å². The molecule has 1 aliphatic heterocycles. The lowest BCUT2D eigenvalue weighted by molar-refractivity contribution is 0.0984. The Morgan fingerprint density at radius 2 is 1.89 bits per heavy atom. The summed E-state index contributed by atoms with van der Waals surface area (Å²) in [5.74, 6) is 0.265. The van der Waals surface area contributed by atoms with Crippen LogP contribution in [0.5, 0.6) is 0 Å². The maximum absolute atomic E-state index is 13.8. The highest BCUT2D eigenvalue weighted by molar-refractivity contribution is 7.84. The first kappa shape index (κ1) is 26.2. The van der Waals surface area contributed by atoms with Crippen molar-refractivity contribution in [3.63, 3.8) is 0 Å². The van der Waals surface area contributed by atoms with E-state index in [0.29, 0.717) is 41.0 Å². The maximum Gasteiger partial charge on any atom is 0.260 e. The fraction of sp³-hybridized carbons (Fsp3) is 0.310. The summed E-state index contributed by atoms with van der Waals surface area (Å²) in [7, 11) is 4.81. The minimum Gasteiger partial charge on any atom is -0.372 e. The summed E-state index contributed by atoms with van der Waals surface area (Å²) in [6, 6.07) is 13.2. The number of carbonyl (C=O) groups is 1. The summed E-state index contributed by atoms with van der Waals surface area (Å²) in [5.41, 5.74) is 6.08. The summed E-state index contributed by atoms with van der Waals surface area (Å²) in [5, 5.41) is 1.35. The van der Waals surface area contributed by atoms with E-state index in [0.717, 1.165) is 46.1 Å². The van der Waals surface area contributed by atoms with E-state index in [2.05, 4.69) is 15.0 Å². The van der Waals surface area contributed by atoms with Crippen LogP contribution in [-0.4, -0.2) is 39.2 Å². The van der Waals surface area contributed by atoms with E-state index in [4.69, 9.17) is 12.6 Å². The van der Waals surface area contributed by atoms with E-state index in [1.165, 1.54) is 0 Å². The molecule has 1 unspecified atom stereocenters. The molecule has 1 aliphatic carbocycles. The fourth-order valence-corrected chi connectivity index (χ4v) is 5.37. The van der Waals surface area contributed by atoms with Crippen LogP contribution in [0.2, 0.25) is 0 Å². The Balaban J connectivity index is 0.00000144. The molecule has 1 saturated carbocycles. The zero-order chi connectivity index (χ0) is 26.8. The van der Waals surface area contributed by atoms with Crippen molar-refractivity contribution in [2.24, 2.45) is 0 Å². The van der Waals surface area contributed by atoms with Crippen molar-refractivity contribution in [2.45, 2.75) is 57.4 Å². The monoisotopic (exact) mass is 524 g/mol. The van der Waals surface area contributed by atoms with E-state index in [1.807, 2.05) is 44.2 Å². The molecule has 2 radical (unpaired) electrons. The first-order valence-corrected chi connectivity index (χ1v) is 14.4. The van der Waals surface area contributed by atoms with Gasteiger partial charge in [0, 0.05) is 35.6 Å². The lowest BCUT2D eigenvalue weighted by atomic mass is 9.92. The van der Waals surface area contributed by atoms with E-state index in [9.17, 15) is 9.00 Å². The van der Waals surface area contributed by atoms with E-state index < -0.39 is 10.8 Å². The zero-order valence-corrected chi connectivity index (χ0v) is 22.6. The standard InChI is InChI=1S/C27H23BN4O3S.C2H6/c1-36(34)26-24(3-2-10-29-26)32(27(33)18-7-9-22(30-12-18)17-5-6-17)13-16-4-8-19-20-14-35-15-21(20)25(28)31-23(19)11-16;1-2/h2-4,7-12,17H,5-6,13-15H2,1H3;1-2H3. The van der Waals surface area contributed by atoms with Crippen LogP contribution in [-0.2, 0) is 35.3 Å². The van der Waals surface area contributed by atoms with Gasteiger partial charge in [-0.2, -0.15) is 0 Å². The van der Waals surface area contributed by atoms with Crippen LogP contribution in [0, 0.1) is 0 Å². The average molecular weight is 524 g/mol.